The lowest BCUT2D eigenvalue weighted by Crippen LogP contribution is -2.54. The fraction of sp³-hybridized carbons (Fsp3) is 0.444. The van der Waals surface area contributed by atoms with Gasteiger partial charge < -0.3 is 9.80 Å². The van der Waals surface area contributed by atoms with Crippen molar-refractivity contribution in [1.82, 2.24) is 4.90 Å². The lowest BCUT2D eigenvalue weighted by atomic mass is 9.93. The summed E-state index contributed by atoms with van der Waals surface area (Å²) in [6.45, 7) is 2.23. The van der Waals surface area contributed by atoms with Gasteiger partial charge in [0.15, 0.2) is 14.6 Å². The quantitative estimate of drug-likeness (QED) is 0.707. The predicted molar refractivity (Wildman–Crippen MR) is 96.6 cm³/mol. The van der Waals surface area contributed by atoms with Gasteiger partial charge in [0.25, 0.3) is 5.91 Å². The Morgan fingerprint density at radius 2 is 1.89 bits per heavy atom. The van der Waals surface area contributed by atoms with Crippen molar-refractivity contribution in [3.63, 3.8) is 0 Å². The first-order valence-corrected chi connectivity index (χ1v) is 10.2. The SMILES string of the molecule is C=CC(=O)N(C)c1ccc(C(=O)N2C[C@@H]3CCS(=O)(=O)[C@]3(C(F)(F)F)C2)cc1. The van der Waals surface area contributed by atoms with Crippen LogP contribution in [0.15, 0.2) is 36.9 Å². The van der Waals surface area contributed by atoms with E-state index in [0.717, 1.165) is 11.0 Å². The fourth-order valence-electron chi connectivity index (χ4n) is 3.97. The van der Waals surface area contributed by atoms with Crippen molar-refractivity contribution in [2.75, 3.05) is 30.8 Å². The summed E-state index contributed by atoms with van der Waals surface area (Å²) in [5.41, 5.74) is 0.604. The van der Waals surface area contributed by atoms with Gasteiger partial charge in [0, 0.05) is 37.3 Å². The second kappa shape index (κ2) is 6.61. The van der Waals surface area contributed by atoms with Crippen LogP contribution in [-0.4, -0.2) is 61.9 Å². The second-order valence-corrected chi connectivity index (χ2v) is 9.39. The van der Waals surface area contributed by atoms with Crippen molar-refractivity contribution in [3.05, 3.63) is 42.5 Å². The van der Waals surface area contributed by atoms with Gasteiger partial charge in [-0.15, -0.1) is 0 Å². The van der Waals surface area contributed by atoms with Crippen LogP contribution in [-0.2, 0) is 14.6 Å². The molecule has 152 valence electrons. The van der Waals surface area contributed by atoms with Crippen LogP contribution in [0.5, 0.6) is 0 Å². The molecule has 3 rings (SSSR count). The number of carbonyl (C=O) groups excluding carboxylic acids is 2. The average Bonchev–Trinajstić information content (AvgIpc) is 3.16. The van der Waals surface area contributed by atoms with E-state index < -0.39 is 44.9 Å². The molecule has 0 N–H and O–H groups in total. The number of rotatable bonds is 3. The Kier molecular flexibility index (Phi) is 4.81. The number of halogens is 3. The summed E-state index contributed by atoms with van der Waals surface area (Å²) < 4.78 is 62.8. The largest absolute Gasteiger partial charge is 0.410 e. The monoisotopic (exact) mass is 416 g/mol. The van der Waals surface area contributed by atoms with Gasteiger partial charge >= 0.3 is 6.18 Å². The van der Waals surface area contributed by atoms with Gasteiger partial charge in [-0.1, -0.05) is 6.58 Å². The Morgan fingerprint density at radius 3 is 2.39 bits per heavy atom. The van der Waals surface area contributed by atoms with Gasteiger partial charge in [-0.3, -0.25) is 9.59 Å². The smallest absolute Gasteiger partial charge is 0.336 e. The first kappa shape index (κ1) is 20.4. The zero-order valence-electron chi connectivity index (χ0n) is 15.1. The number of nitrogens with zero attached hydrogens (tertiary/aromatic N) is 2. The second-order valence-electron chi connectivity index (χ2n) is 7.03. The Balaban J connectivity index is 1.85. The molecule has 6 nitrogen and oxygen atoms in total. The highest BCUT2D eigenvalue weighted by atomic mass is 32.2. The molecular weight excluding hydrogens is 397 g/mol. The molecule has 2 amide bonds. The Hall–Kier alpha value is -2.36. The highest BCUT2D eigenvalue weighted by Crippen LogP contribution is 2.53. The molecule has 10 heteroatoms. The molecule has 1 aromatic rings. The number of hydrogen-bond acceptors (Lipinski definition) is 4. The maximum Gasteiger partial charge on any atom is 0.410 e. The molecule has 2 aliphatic rings. The predicted octanol–water partition coefficient (Wildman–Crippen LogP) is 2.03. The molecule has 1 aromatic carbocycles. The summed E-state index contributed by atoms with van der Waals surface area (Å²) in [6.07, 6.45) is -3.93. The minimum atomic E-state index is -4.94. The van der Waals surface area contributed by atoms with Gasteiger partial charge in [0.05, 0.1) is 5.75 Å². The van der Waals surface area contributed by atoms with E-state index in [0.29, 0.717) is 5.69 Å². The van der Waals surface area contributed by atoms with Crippen LogP contribution >= 0.6 is 0 Å². The van der Waals surface area contributed by atoms with E-state index in [1.54, 1.807) is 0 Å². The van der Waals surface area contributed by atoms with Crippen molar-refractivity contribution in [2.45, 2.75) is 17.3 Å². The fourth-order valence-corrected chi connectivity index (χ4v) is 6.34. The Bertz CT molecular complexity index is 927. The van der Waals surface area contributed by atoms with Gasteiger partial charge in [0.1, 0.15) is 0 Å². The summed E-state index contributed by atoms with van der Waals surface area (Å²) in [6, 6.07) is 5.77. The van der Waals surface area contributed by atoms with E-state index in [1.165, 1.54) is 36.2 Å². The van der Waals surface area contributed by atoms with Gasteiger partial charge in [-0.2, -0.15) is 13.2 Å². The number of likely N-dealkylation sites (N-methyl/N-ethyl adjacent to an activating group) is 1. The van der Waals surface area contributed by atoms with Gasteiger partial charge in [-0.05, 0) is 36.8 Å². The molecule has 0 saturated carbocycles. The Labute approximate surface area is 160 Å². The van der Waals surface area contributed by atoms with E-state index >= 15 is 0 Å². The number of hydrogen-bond donors (Lipinski definition) is 0. The molecule has 0 unspecified atom stereocenters. The number of fused-ring (bicyclic) bond motifs is 1. The van der Waals surface area contributed by atoms with Crippen molar-refractivity contribution < 1.29 is 31.2 Å². The van der Waals surface area contributed by atoms with E-state index in [2.05, 4.69) is 6.58 Å². The number of amides is 2. The Morgan fingerprint density at radius 1 is 1.29 bits per heavy atom. The van der Waals surface area contributed by atoms with Crippen molar-refractivity contribution in [3.8, 4) is 0 Å². The molecule has 2 atom stereocenters. The maximum atomic E-state index is 13.7. The van der Waals surface area contributed by atoms with Gasteiger partial charge in [-0.25, -0.2) is 8.42 Å². The van der Waals surface area contributed by atoms with Crippen LogP contribution in [0.1, 0.15) is 16.8 Å². The van der Waals surface area contributed by atoms with Gasteiger partial charge in [0.2, 0.25) is 5.91 Å². The molecule has 2 fully saturated rings. The number of likely N-dealkylation sites (tertiary alicyclic amines) is 1. The molecule has 2 aliphatic heterocycles. The molecule has 0 spiro atoms. The zero-order chi connectivity index (χ0) is 20.9. The summed E-state index contributed by atoms with van der Waals surface area (Å²) >= 11 is 0. The van der Waals surface area contributed by atoms with E-state index in [-0.39, 0.29) is 24.4 Å². The van der Waals surface area contributed by atoms with Crippen molar-refractivity contribution in [2.24, 2.45) is 5.92 Å². The molecule has 0 bridgehead atoms. The normalized spacial score (nSPS) is 26.0. The molecule has 2 heterocycles. The van der Waals surface area contributed by atoms with Crippen LogP contribution in [0, 0.1) is 5.92 Å². The molecule has 0 aromatic heterocycles. The standard InChI is InChI=1S/C18H19F3N2O4S/c1-3-15(24)22(2)14-6-4-12(5-7-14)16(25)23-10-13-8-9-28(26,27)17(13,11-23)18(19,20)21/h3-7,13H,1,8-11H2,2H3/t13-,17+/m0/s1. The summed E-state index contributed by atoms with van der Waals surface area (Å²) in [7, 11) is -2.88. The highest BCUT2D eigenvalue weighted by molar-refractivity contribution is 7.93. The molecule has 0 radical (unpaired) electrons. The average molecular weight is 416 g/mol. The minimum Gasteiger partial charge on any atom is -0.336 e. The van der Waals surface area contributed by atoms with Crippen LogP contribution in [0.4, 0.5) is 18.9 Å². The third-order valence-electron chi connectivity index (χ3n) is 5.59. The number of benzene rings is 1. The van der Waals surface area contributed by atoms with Crippen LogP contribution in [0.3, 0.4) is 0 Å². The van der Waals surface area contributed by atoms with Crippen LogP contribution in [0.2, 0.25) is 0 Å². The lowest BCUT2D eigenvalue weighted by molar-refractivity contribution is -0.164. The minimum absolute atomic E-state index is 0.112. The summed E-state index contributed by atoms with van der Waals surface area (Å²) in [4.78, 5) is 26.6. The molecule has 28 heavy (non-hydrogen) atoms. The first-order chi connectivity index (χ1) is 12.9. The van der Waals surface area contributed by atoms with E-state index in [9.17, 15) is 31.2 Å². The topological polar surface area (TPSA) is 74.8 Å². The number of alkyl halides is 3. The molecule has 2 saturated heterocycles. The number of anilines is 1. The number of sulfone groups is 1. The third-order valence-corrected chi connectivity index (χ3v) is 8.17. The zero-order valence-corrected chi connectivity index (χ0v) is 15.9. The molecular formula is C18H19F3N2O4S. The number of carbonyl (C=O) groups is 2. The summed E-state index contributed by atoms with van der Waals surface area (Å²) in [5, 5.41) is 0. The molecule has 0 aliphatic carbocycles. The maximum absolute atomic E-state index is 13.7. The lowest BCUT2D eigenvalue weighted by Gasteiger charge is -2.30. The van der Waals surface area contributed by atoms with Crippen molar-refractivity contribution >= 4 is 27.3 Å². The first-order valence-electron chi connectivity index (χ1n) is 8.53. The highest BCUT2D eigenvalue weighted by Gasteiger charge is 2.73. The summed E-state index contributed by atoms with van der Waals surface area (Å²) in [5.74, 6) is -2.70. The van der Waals surface area contributed by atoms with Crippen LogP contribution < -0.4 is 4.90 Å². The van der Waals surface area contributed by atoms with Crippen molar-refractivity contribution in [1.29, 1.82) is 0 Å². The van der Waals surface area contributed by atoms with Crippen LogP contribution in [0.25, 0.3) is 0 Å². The van der Waals surface area contributed by atoms with E-state index in [4.69, 9.17) is 0 Å². The third kappa shape index (κ3) is 2.90. The van der Waals surface area contributed by atoms with E-state index in [1.807, 2.05) is 0 Å².